The van der Waals surface area contributed by atoms with E-state index in [0.717, 1.165) is 5.56 Å². The van der Waals surface area contributed by atoms with Crippen LogP contribution >= 0.6 is 0 Å². The number of aliphatic hydroxyl groups excluding tert-OH is 1. The molecule has 0 aromatic heterocycles. The van der Waals surface area contributed by atoms with Crippen LogP contribution in [0.2, 0.25) is 0 Å². The van der Waals surface area contributed by atoms with Crippen LogP contribution in [0.5, 0.6) is 5.75 Å². The Balaban J connectivity index is 3.20. The van der Waals surface area contributed by atoms with E-state index < -0.39 is 5.54 Å². The molecule has 0 aliphatic carbocycles. The van der Waals surface area contributed by atoms with E-state index in [9.17, 15) is 0 Å². The molecule has 0 bridgehead atoms. The first kappa shape index (κ1) is 10.8. The van der Waals surface area contributed by atoms with E-state index in [1.165, 1.54) is 0 Å². The minimum absolute atomic E-state index is 0.146. The van der Waals surface area contributed by atoms with Gasteiger partial charge in [0.1, 0.15) is 5.75 Å². The van der Waals surface area contributed by atoms with Crippen molar-refractivity contribution in [3.05, 3.63) is 23.8 Å². The number of aliphatic hydroxyl groups is 1. The van der Waals surface area contributed by atoms with E-state index >= 15 is 0 Å². The minimum atomic E-state index is -0.807. The molecule has 0 spiro atoms. The lowest BCUT2D eigenvalue weighted by Crippen LogP contribution is -2.37. The van der Waals surface area contributed by atoms with E-state index in [4.69, 9.17) is 21.3 Å². The van der Waals surface area contributed by atoms with Crippen LogP contribution < -0.4 is 16.2 Å². The maximum atomic E-state index is 9.12. The lowest BCUT2D eigenvalue weighted by atomic mass is 9.93. The van der Waals surface area contributed by atoms with Crippen LogP contribution in [-0.4, -0.2) is 18.8 Å². The second kappa shape index (κ2) is 3.86. The quantitative estimate of drug-likeness (QED) is 0.613. The number of nitrogens with two attached hydrogens (primary N) is 2. The highest BCUT2D eigenvalue weighted by Crippen LogP contribution is 2.29. The van der Waals surface area contributed by atoms with Crippen molar-refractivity contribution < 1.29 is 9.84 Å². The van der Waals surface area contributed by atoms with Gasteiger partial charge in [-0.25, -0.2) is 0 Å². The summed E-state index contributed by atoms with van der Waals surface area (Å²) >= 11 is 0. The number of ether oxygens (including phenoxy) is 1. The van der Waals surface area contributed by atoms with Gasteiger partial charge in [0.15, 0.2) is 0 Å². The van der Waals surface area contributed by atoms with Crippen molar-refractivity contribution >= 4 is 5.69 Å². The van der Waals surface area contributed by atoms with Crippen molar-refractivity contribution in [1.82, 2.24) is 0 Å². The van der Waals surface area contributed by atoms with Crippen molar-refractivity contribution in [3.8, 4) is 5.75 Å². The highest BCUT2D eigenvalue weighted by atomic mass is 16.5. The molecular weight excluding hydrogens is 180 g/mol. The Morgan fingerprint density at radius 3 is 2.64 bits per heavy atom. The predicted octanol–water partition coefficient (Wildman–Crippen LogP) is 0.444. The summed E-state index contributed by atoms with van der Waals surface area (Å²) in [4.78, 5) is 0. The first-order valence-corrected chi connectivity index (χ1v) is 4.35. The third-order valence-corrected chi connectivity index (χ3v) is 2.17. The van der Waals surface area contributed by atoms with E-state index in [0.29, 0.717) is 11.4 Å². The summed E-state index contributed by atoms with van der Waals surface area (Å²) < 4.78 is 5.14. The van der Waals surface area contributed by atoms with Crippen LogP contribution in [0.15, 0.2) is 18.2 Å². The van der Waals surface area contributed by atoms with Crippen molar-refractivity contribution in [1.29, 1.82) is 0 Å². The zero-order valence-corrected chi connectivity index (χ0v) is 8.45. The molecule has 0 unspecified atom stereocenters. The summed E-state index contributed by atoms with van der Waals surface area (Å²) in [5.74, 6) is 0.601. The molecular formula is C10H16N2O2. The molecule has 1 aromatic carbocycles. The maximum Gasteiger partial charge on any atom is 0.126 e. The molecule has 0 radical (unpaired) electrons. The van der Waals surface area contributed by atoms with Crippen LogP contribution in [0.1, 0.15) is 12.5 Å². The summed E-state index contributed by atoms with van der Waals surface area (Å²) in [6.45, 7) is 1.59. The average Bonchev–Trinajstić information content (AvgIpc) is 2.17. The van der Waals surface area contributed by atoms with Crippen LogP contribution in [-0.2, 0) is 5.54 Å². The second-order valence-corrected chi connectivity index (χ2v) is 3.54. The van der Waals surface area contributed by atoms with E-state index in [2.05, 4.69) is 0 Å². The van der Waals surface area contributed by atoms with Gasteiger partial charge < -0.3 is 21.3 Å². The van der Waals surface area contributed by atoms with Gasteiger partial charge in [0.05, 0.1) is 19.3 Å². The molecule has 0 saturated carbocycles. The third kappa shape index (κ3) is 1.97. The van der Waals surface area contributed by atoms with Crippen LogP contribution in [0.25, 0.3) is 0 Å². The lowest BCUT2D eigenvalue weighted by Gasteiger charge is -2.24. The van der Waals surface area contributed by atoms with Gasteiger partial charge in [0, 0.05) is 17.3 Å². The monoisotopic (exact) mass is 196 g/mol. The number of rotatable bonds is 3. The van der Waals surface area contributed by atoms with Crippen molar-refractivity contribution in [2.75, 3.05) is 19.5 Å². The number of hydrogen-bond acceptors (Lipinski definition) is 4. The Bertz CT molecular complexity index is 324. The summed E-state index contributed by atoms with van der Waals surface area (Å²) in [6, 6.07) is 5.19. The van der Waals surface area contributed by atoms with Gasteiger partial charge in [-0.3, -0.25) is 0 Å². The third-order valence-electron chi connectivity index (χ3n) is 2.17. The van der Waals surface area contributed by atoms with E-state index in [1.54, 1.807) is 32.2 Å². The number of anilines is 1. The van der Waals surface area contributed by atoms with Crippen molar-refractivity contribution in [2.24, 2.45) is 5.73 Å². The highest BCUT2D eigenvalue weighted by Gasteiger charge is 2.23. The van der Waals surface area contributed by atoms with Crippen LogP contribution in [0, 0.1) is 0 Å². The molecule has 4 heteroatoms. The Labute approximate surface area is 83.5 Å². The minimum Gasteiger partial charge on any atom is -0.496 e. The van der Waals surface area contributed by atoms with E-state index in [-0.39, 0.29) is 6.61 Å². The lowest BCUT2D eigenvalue weighted by molar-refractivity contribution is 0.206. The number of methoxy groups -OCH3 is 1. The highest BCUT2D eigenvalue weighted by molar-refractivity contribution is 5.50. The summed E-state index contributed by atoms with van der Waals surface area (Å²) in [5, 5.41) is 9.12. The Morgan fingerprint density at radius 1 is 1.50 bits per heavy atom. The van der Waals surface area contributed by atoms with Gasteiger partial charge in [-0.1, -0.05) is 6.07 Å². The number of nitrogen functional groups attached to an aromatic ring is 1. The molecule has 0 heterocycles. The first-order chi connectivity index (χ1) is 6.51. The fraction of sp³-hybridized carbons (Fsp3) is 0.400. The standard InChI is InChI=1S/C10H16N2O2/c1-10(12,6-13)8-4-3-7(11)5-9(8)14-2/h3-5,13H,6,11-12H2,1-2H3/t10-/m0/s1. The van der Waals surface area contributed by atoms with Crippen LogP contribution in [0.4, 0.5) is 5.69 Å². The van der Waals surface area contributed by atoms with Gasteiger partial charge in [-0.15, -0.1) is 0 Å². The fourth-order valence-corrected chi connectivity index (χ4v) is 1.26. The van der Waals surface area contributed by atoms with Gasteiger partial charge >= 0.3 is 0 Å². The topological polar surface area (TPSA) is 81.5 Å². The van der Waals surface area contributed by atoms with Gasteiger partial charge in [-0.2, -0.15) is 0 Å². The van der Waals surface area contributed by atoms with Crippen LogP contribution in [0.3, 0.4) is 0 Å². The molecule has 4 nitrogen and oxygen atoms in total. The molecule has 0 aliphatic rings. The Morgan fingerprint density at radius 2 is 2.14 bits per heavy atom. The maximum absolute atomic E-state index is 9.12. The molecule has 78 valence electrons. The first-order valence-electron chi connectivity index (χ1n) is 4.35. The zero-order chi connectivity index (χ0) is 10.8. The zero-order valence-electron chi connectivity index (χ0n) is 8.45. The summed E-state index contributed by atoms with van der Waals surface area (Å²) in [5.41, 5.74) is 12.0. The number of benzene rings is 1. The Hall–Kier alpha value is -1.26. The fourth-order valence-electron chi connectivity index (χ4n) is 1.26. The van der Waals surface area contributed by atoms with Crippen molar-refractivity contribution in [3.63, 3.8) is 0 Å². The van der Waals surface area contributed by atoms with Gasteiger partial charge in [-0.05, 0) is 13.0 Å². The number of hydrogen-bond donors (Lipinski definition) is 3. The SMILES string of the molecule is COc1cc(N)ccc1[C@@](C)(N)CO. The predicted molar refractivity (Wildman–Crippen MR) is 56.0 cm³/mol. The average molecular weight is 196 g/mol. The molecule has 0 aliphatic heterocycles. The smallest absolute Gasteiger partial charge is 0.126 e. The largest absolute Gasteiger partial charge is 0.496 e. The molecule has 5 N–H and O–H groups in total. The molecule has 14 heavy (non-hydrogen) atoms. The Kier molecular flexibility index (Phi) is 2.98. The van der Waals surface area contributed by atoms with Gasteiger partial charge in [0.25, 0.3) is 0 Å². The summed E-state index contributed by atoms with van der Waals surface area (Å²) in [7, 11) is 1.55. The van der Waals surface area contributed by atoms with Gasteiger partial charge in [0.2, 0.25) is 0 Å². The molecule has 1 atom stereocenters. The van der Waals surface area contributed by atoms with E-state index in [1.807, 2.05) is 0 Å². The van der Waals surface area contributed by atoms with Crippen molar-refractivity contribution in [2.45, 2.75) is 12.5 Å². The molecule has 0 saturated heterocycles. The second-order valence-electron chi connectivity index (χ2n) is 3.54. The molecule has 0 amide bonds. The molecule has 1 rings (SSSR count). The normalized spacial score (nSPS) is 14.9. The summed E-state index contributed by atoms with van der Waals surface area (Å²) in [6.07, 6.45) is 0. The molecule has 1 aromatic rings. The molecule has 0 fully saturated rings.